The predicted octanol–water partition coefficient (Wildman–Crippen LogP) is 5.45. The van der Waals surface area contributed by atoms with Crippen molar-refractivity contribution in [1.82, 2.24) is 0 Å². The molecule has 0 saturated carbocycles. The molecule has 1 aliphatic rings. The Bertz CT molecular complexity index is 784. The molecule has 6 heteroatoms. The number of hydrogen-bond acceptors (Lipinski definition) is 4. The summed E-state index contributed by atoms with van der Waals surface area (Å²) < 4.78 is 13.6. The topological polar surface area (TPSA) is 58.9 Å². The molecule has 21 heavy (non-hydrogen) atoms. The van der Waals surface area contributed by atoms with Crippen molar-refractivity contribution in [3.8, 4) is 34.5 Å². The summed E-state index contributed by atoms with van der Waals surface area (Å²) in [4.78, 5) is 0. The Hall–Kier alpha value is -1.40. The normalized spacial score (nSPS) is 12.2. The molecule has 0 saturated heterocycles. The molecule has 0 fully saturated rings. The molecule has 0 amide bonds. The van der Waals surface area contributed by atoms with Crippen LogP contribution in [0, 0.1) is 20.8 Å². The standard InChI is InChI=1S/C15H12Br2O4/c1-5-10(17)8(16)4-9-13(5)21-15-7(3)12(19)11(18)6(2)14(15)20-9/h4,18-19H,1-3H3. The van der Waals surface area contributed by atoms with Crippen molar-refractivity contribution >= 4 is 31.9 Å². The van der Waals surface area contributed by atoms with E-state index >= 15 is 0 Å². The summed E-state index contributed by atoms with van der Waals surface area (Å²) in [7, 11) is 0. The quantitative estimate of drug-likeness (QED) is 0.479. The molecule has 110 valence electrons. The van der Waals surface area contributed by atoms with Gasteiger partial charge in [-0.15, -0.1) is 0 Å². The number of phenolic OH excluding ortho intramolecular Hbond substituents is 2. The molecule has 0 aliphatic carbocycles. The molecule has 0 unspecified atom stereocenters. The molecular weight excluding hydrogens is 404 g/mol. The molecule has 1 heterocycles. The van der Waals surface area contributed by atoms with Gasteiger partial charge in [0.15, 0.2) is 34.5 Å². The van der Waals surface area contributed by atoms with Crippen molar-refractivity contribution in [2.45, 2.75) is 20.8 Å². The van der Waals surface area contributed by atoms with Crippen LogP contribution in [-0.2, 0) is 0 Å². The zero-order valence-electron chi connectivity index (χ0n) is 11.5. The lowest BCUT2D eigenvalue weighted by Crippen LogP contribution is -2.05. The Labute approximate surface area is 138 Å². The number of benzene rings is 2. The van der Waals surface area contributed by atoms with E-state index in [0.29, 0.717) is 34.1 Å². The number of rotatable bonds is 0. The number of hydrogen-bond donors (Lipinski definition) is 2. The molecule has 2 aromatic carbocycles. The van der Waals surface area contributed by atoms with Gasteiger partial charge in [0.05, 0.1) is 0 Å². The van der Waals surface area contributed by atoms with Crippen molar-refractivity contribution in [3.63, 3.8) is 0 Å². The van der Waals surface area contributed by atoms with Gasteiger partial charge < -0.3 is 19.7 Å². The Balaban J connectivity index is 2.27. The monoisotopic (exact) mass is 414 g/mol. The van der Waals surface area contributed by atoms with Crippen LogP contribution in [0.2, 0.25) is 0 Å². The van der Waals surface area contributed by atoms with E-state index in [4.69, 9.17) is 9.47 Å². The van der Waals surface area contributed by atoms with E-state index in [1.807, 2.05) is 6.92 Å². The highest BCUT2D eigenvalue weighted by Crippen LogP contribution is 2.56. The summed E-state index contributed by atoms with van der Waals surface area (Å²) in [5.74, 6) is 1.61. The summed E-state index contributed by atoms with van der Waals surface area (Å²) in [6.45, 7) is 5.25. The number of fused-ring (bicyclic) bond motifs is 2. The Morgan fingerprint density at radius 2 is 1.33 bits per heavy atom. The van der Waals surface area contributed by atoms with E-state index in [-0.39, 0.29) is 11.5 Å². The lowest BCUT2D eigenvalue weighted by Gasteiger charge is -2.26. The van der Waals surface area contributed by atoms with E-state index in [9.17, 15) is 10.2 Å². The lowest BCUT2D eigenvalue weighted by atomic mass is 10.1. The largest absolute Gasteiger partial charge is 0.504 e. The van der Waals surface area contributed by atoms with Gasteiger partial charge in [0.25, 0.3) is 0 Å². The van der Waals surface area contributed by atoms with Crippen LogP contribution >= 0.6 is 31.9 Å². The number of halogens is 2. The minimum absolute atomic E-state index is 0.188. The molecular formula is C15H12Br2O4. The summed E-state index contributed by atoms with van der Waals surface area (Å²) in [6.07, 6.45) is 0. The first-order valence-electron chi connectivity index (χ1n) is 6.22. The Kier molecular flexibility index (Phi) is 3.33. The van der Waals surface area contributed by atoms with Gasteiger partial charge in [-0.2, -0.15) is 0 Å². The molecule has 0 bridgehead atoms. The van der Waals surface area contributed by atoms with E-state index in [1.165, 1.54) is 0 Å². The highest BCUT2D eigenvalue weighted by molar-refractivity contribution is 9.13. The first-order valence-corrected chi connectivity index (χ1v) is 7.81. The van der Waals surface area contributed by atoms with Crippen LogP contribution in [-0.4, -0.2) is 10.2 Å². The van der Waals surface area contributed by atoms with E-state index in [1.54, 1.807) is 19.9 Å². The van der Waals surface area contributed by atoms with Crippen LogP contribution in [0.5, 0.6) is 34.5 Å². The first kappa shape index (κ1) is 14.5. The van der Waals surface area contributed by atoms with Crippen LogP contribution in [0.3, 0.4) is 0 Å². The van der Waals surface area contributed by atoms with E-state index in [2.05, 4.69) is 31.9 Å². The third-order valence-corrected chi connectivity index (χ3v) is 5.78. The van der Waals surface area contributed by atoms with E-state index in [0.717, 1.165) is 14.5 Å². The van der Waals surface area contributed by atoms with Crippen LogP contribution in [0.25, 0.3) is 0 Å². The average molecular weight is 416 g/mol. The van der Waals surface area contributed by atoms with Crippen molar-refractivity contribution in [1.29, 1.82) is 0 Å². The van der Waals surface area contributed by atoms with Crippen molar-refractivity contribution < 1.29 is 19.7 Å². The predicted molar refractivity (Wildman–Crippen MR) is 86.0 cm³/mol. The Morgan fingerprint density at radius 3 is 1.90 bits per heavy atom. The third-order valence-electron chi connectivity index (χ3n) is 3.60. The van der Waals surface area contributed by atoms with Crippen LogP contribution < -0.4 is 9.47 Å². The van der Waals surface area contributed by atoms with Crippen molar-refractivity contribution in [2.24, 2.45) is 0 Å². The maximum Gasteiger partial charge on any atom is 0.177 e. The van der Waals surface area contributed by atoms with Gasteiger partial charge in [0.1, 0.15) is 0 Å². The van der Waals surface area contributed by atoms with Gasteiger partial charge in [0, 0.05) is 31.7 Å². The molecule has 3 rings (SSSR count). The van der Waals surface area contributed by atoms with Gasteiger partial charge in [-0.1, -0.05) is 0 Å². The minimum Gasteiger partial charge on any atom is -0.504 e. The fraction of sp³-hybridized carbons (Fsp3) is 0.200. The molecule has 0 atom stereocenters. The highest BCUT2D eigenvalue weighted by atomic mass is 79.9. The number of phenols is 2. The Morgan fingerprint density at radius 1 is 0.810 bits per heavy atom. The molecule has 0 spiro atoms. The molecule has 2 aromatic rings. The third kappa shape index (κ3) is 2.00. The first-order chi connectivity index (χ1) is 9.82. The van der Waals surface area contributed by atoms with Gasteiger partial charge in [-0.25, -0.2) is 0 Å². The van der Waals surface area contributed by atoms with Gasteiger partial charge in [0.2, 0.25) is 0 Å². The van der Waals surface area contributed by atoms with E-state index < -0.39 is 0 Å². The summed E-state index contributed by atoms with van der Waals surface area (Å²) in [5, 5.41) is 19.9. The highest BCUT2D eigenvalue weighted by Gasteiger charge is 2.29. The second-order valence-electron chi connectivity index (χ2n) is 4.93. The molecule has 0 radical (unpaired) electrons. The second-order valence-corrected chi connectivity index (χ2v) is 6.58. The molecule has 0 aromatic heterocycles. The van der Waals surface area contributed by atoms with Gasteiger partial charge >= 0.3 is 0 Å². The maximum atomic E-state index is 9.96. The smallest absolute Gasteiger partial charge is 0.177 e. The lowest BCUT2D eigenvalue weighted by molar-refractivity contribution is 0.337. The van der Waals surface area contributed by atoms with Gasteiger partial charge in [-0.3, -0.25) is 0 Å². The van der Waals surface area contributed by atoms with Crippen LogP contribution in [0.1, 0.15) is 16.7 Å². The average Bonchev–Trinajstić information content (AvgIpc) is 2.47. The zero-order chi connectivity index (χ0) is 15.5. The molecule has 1 aliphatic heterocycles. The number of ether oxygens (including phenoxy) is 2. The summed E-state index contributed by atoms with van der Waals surface area (Å²) in [5.41, 5.74) is 1.77. The molecule has 2 N–H and O–H groups in total. The molecule has 4 nitrogen and oxygen atoms in total. The SMILES string of the molecule is Cc1c(Br)c(Br)cc2c1Oc1c(C)c(O)c(O)c(C)c1O2. The fourth-order valence-corrected chi connectivity index (χ4v) is 3.08. The fourth-order valence-electron chi connectivity index (χ4n) is 2.28. The van der Waals surface area contributed by atoms with Crippen LogP contribution in [0.4, 0.5) is 0 Å². The minimum atomic E-state index is -0.189. The van der Waals surface area contributed by atoms with Crippen LogP contribution in [0.15, 0.2) is 15.0 Å². The van der Waals surface area contributed by atoms with Crippen molar-refractivity contribution in [3.05, 3.63) is 31.7 Å². The summed E-state index contributed by atoms with van der Waals surface area (Å²) >= 11 is 6.94. The maximum absolute atomic E-state index is 9.96. The zero-order valence-corrected chi connectivity index (χ0v) is 14.7. The second kappa shape index (κ2) is 4.81. The van der Waals surface area contributed by atoms with Gasteiger partial charge in [-0.05, 0) is 52.6 Å². The number of aromatic hydroxyl groups is 2. The van der Waals surface area contributed by atoms with Crippen molar-refractivity contribution in [2.75, 3.05) is 0 Å². The summed E-state index contributed by atoms with van der Waals surface area (Å²) in [6, 6.07) is 1.80.